The molecular formula is C18H25F2N3OS. The lowest BCUT2D eigenvalue weighted by Gasteiger charge is -2.38. The van der Waals surface area contributed by atoms with Crippen molar-refractivity contribution in [1.82, 2.24) is 9.80 Å². The van der Waals surface area contributed by atoms with Gasteiger partial charge in [0.25, 0.3) is 0 Å². The number of benzene rings is 1. The van der Waals surface area contributed by atoms with Gasteiger partial charge in [-0.2, -0.15) is 0 Å². The predicted molar refractivity (Wildman–Crippen MR) is 98.8 cm³/mol. The van der Waals surface area contributed by atoms with Crippen molar-refractivity contribution < 1.29 is 13.5 Å². The molecule has 4 nitrogen and oxygen atoms in total. The summed E-state index contributed by atoms with van der Waals surface area (Å²) < 4.78 is 32.3. The number of nitrogens with zero attached hydrogens (tertiary/aromatic N) is 2. The van der Waals surface area contributed by atoms with Crippen molar-refractivity contribution in [3.8, 4) is 0 Å². The number of thiocarbonyl (C=S) groups is 1. The molecule has 0 bridgehead atoms. The van der Waals surface area contributed by atoms with Gasteiger partial charge >= 0.3 is 0 Å². The number of hydrogen-bond donors (Lipinski definition) is 1. The van der Waals surface area contributed by atoms with E-state index in [-0.39, 0.29) is 0 Å². The quantitative estimate of drug-likeness (QED) is 0.823. The molecule has 138 valence electrons. The zero-order valence-electron chi connectivity index (χ0n) is 14.5. The number of likely N-dealkylation sites (N-methyl/N-ethyl adjacent to an activating group) is 1. The lowest BCUT2D eigenvalue weighted by atomic mass is 10.0. The number of piperidine rings is 1. The molecule has 3 rings (SSSR count). The fraction of sp³-hybridized carbons (Fsp3) is 0.611. The minimum atomic E-state index is -0.611. The normalized spacial score (nSPS) is 21.8. The third-order valence-electron chi connectivity index (χ3n) is 5.00. The smallest absolute Gasteiger partial charge is 0.173 e. The first-order chi connectivity index (χ1) is 12.0. The van der Waals surface area contributed by atoms with Crippen molar-refractivity contribution in [2.45, 2.75) is 37.8 Å². The summed E-state index contributed by atoms with van der Waals surface area (Å²) in [6.45, 7) is 3.54. The predicted octanol–water partition coefficient (Wildman–Crippen LogP) is 3.24. The van der Waals surface area contributed by atoms with E-state index in [1.807, 2.05) is 0 Å². The lowest BCUT2D eigenvalue weighted by molar-refractivity contribution is 0.0576. The van der Waals surface area contributed by atoms with E-state index < -0.39 is 11.6 Å². The number of halogens is 2. The van der Waals surface area contributed by atoms with Gasteiger partial charge in [0.05, 0.1) is 6.10 Å². The van der Waals surface area contributed by atoms with Crippen molar-refractivity contribution in [2.75, 3.05) is 38.6 Å². The highest BCUT2D eigenvalue weighted by Gasteiger charge is 2.26. The summed E-state index contributed by atoms with van der Waals surface area (Å²) in [6.07, 6.45) is 4.72. The lowest BCUT2D eigenvalue weighted by Crippen LogP contribution is -2.48. The maximum Gasteiger partial charge on any atom is 0.173 e. The van der Waals surface area contributed by atoms with E-state index in [2.05, 4.69) is 22.2 Å². The topological polar surface area (TPSA) is 27.7 Å². The Balaban J connectivity index is 1.47. The molecule has 2 heterocycles. The molecule has 1 N–H and O–H groups in total. The van der Waals surface area contributed by atoms with Gasteiger partial charge in [0, 0.05) is 44.0 Å². The molecule has 2 saturated heterocycles. The van der Waals surface area contributed by atoms with Crippen LogP contribution in [0.2, 0.25) is 0 Å². The molecule has 0 spiro atoms. The number of nitrogens with one attached hydrogen (secondary N) is 1. The highest BCUT2D eigenvalue weighted by molar-refractivity contribution is 7.80. The number of hydrogen-bond acceptors (Lipinski definition) is 3. The SMILES string of the molecule is CN(C[C@H]1CCCO1)C1CCN(C(=S)Nc2cc(F)cc(F)c2)CC1. The van der Waals surface area contributed by atoms with Crippen LogP contribution < -0.4 is 5.32 Å². The first-order valence-corrected chi connectivity index (χ1v) is 9.26. The highest BCUT2D eigenvalue weighted by atomic mass is 32.1. The van der Waals surface area contributed by atoms with Crippen LogP contribution in [-0.4, -0.2) is 60.3 Å². The minimum absolute atomic E-state index is 0.347. The number of anilines is 1. The minimum Gasteiger partial charge on any atom is -0.377 e. The molecule has 2 aliphatic heterocycles. The number of likely N-dealkylation sites (tertiary alicyclic amines) is 1. The van der Waals surface area contributed by atoms with Crippen molar-refractivity contribution in [3.05, 3.63) is 29.8 Å². The molecule has 1 aromatic carbocycles. The van der Waals surface area contributed by atoms with Gasteiger partial charge in [0.15, 0.2) is 5.11 Å². The molecule has 0 radical (unpaired) electrons. The maximum absolute atomic E-state index is 13.3. The molecule has 0 unspecified atom stereocenters. The Kier molecular flexibility index (Phi) is 6.19. The van der Waals surface area contributed by atoms with Crippen LogP contribution in [0.4, 0.5) is 14.5 Å². The van der Waals surface area contributed by atoms with Crippen molar-refractivity contribution in [3.63, 3.8) is 0 Å². The van der Waals surface area contributed by atoms with Gasteiger partial charge in [-0.3, -0.25) is 0 Å². The molecule has 7 heteroatoms. The van der Waals surface area contributed by atoms with Gasteiger partial charge in [0.2, 0.25) is 0 Å². The van der Waals surface area contributed by atoms with Crippen LogP contribution in [0.3, 0.4) is 0 Å². The van der Waals surface area contributed by atoms with Gasteiger partial charge < -0.3 is 19.9 Å². The zero-order chi connectivity index (χ0) is 17.8. The summed E-state index contributed by atoms with van der Waals surface area (Å²) in [5, 5.41) is 3.46. The summed E-state index contributed by atoms with van der Waals surface area (Å²) in [5.41, 5.74) is 0.347. The summed E-state index contributed by atoms with van der Waals surface area (Å²) in [5.74, 6) is -1.22. The van der Waals surface area contributed by atoms with Crippen LogP contribution >= 0.6 is 12.2 Å². The van der Waals surface area contributed by atoms with E-state index in [4.69, 9.17) is 17.0 Å². The van der Waals surface area contributed by atoms with Crippen LogP contribution in [-0.2, 0) is 4.74 Å². The Labute approximate surface area is 153 Å². The largest absolute Gasteiger partial charge is 0.377 e. The summed E-state index contributed by atoms with van der Waals surface area (Å²) in [4.78, 5) is 4.46. The van der Waals surface area contributed by atoms with Crippen LogP contribution in [0, 0.1) is 11.6 Å². The number of ether oxygens (including phenoxy) is 1. The molecule has 0 saturated carbocycles. The van der Waals surface area contributed by atoms with Crippen LogP contribution in [0.25, 0.3) is 0 Å². The van der Waals surface area contributed by atoms with E-state index >= 15 is 0 Å². The molecule has 0 aliphatic carbocycles. The highest BCUT2D eigenvalue weighted by Crippen LogP contribution is 2.20. The van der Waals surface area contributed by atoms with Gasteiger partial charge in [0.1, 0.15) is 11.6 Å². The van der Waals surface area contributed by atoms with Gasteiger partial charge in [-0.05, 0) is 57.1 Å². The number of rotatable bonds is 4. The third-order valence-corrected chi connectivity index (χ3v) is 5.36. The third kappa shape index (κ3) is 5.09. The molecule has 1 atom stereocenters. The van der Waals surface area contributed by atoms with Crippen LogP contribution in [0.5, 0.6) is 0 Å². The van der Waals surface area contributed by atoms with Gasteiger partial charge in [-0.15, -0.1) is 0 Å². The van der Waals surface area contributed by atoms with Crippen molar-refractivity contribution in [1.29, 1.82) is 0 Å². The second-order valence-corrected chi connectivity index (χ2v) is 7.27. The van der Waals surface area contributed by atoms with Gasteiger partial charge in [-0.1, -0.05) is 0 Å². The Morgan fingerprint density at radius 2 is 1.92 bits per heavy atom. The molecule has 1 aromatic rings. The Morgan fingerprint density at radius 3 is 2.52 bits per heavy atom. The first kappa shape index (κ1) is 18.5. The van der Waals surface area contributed by atoms with E-state index in [1.54, 1.807) is 0 Å². The van der Waals surface area contributed by atoms with E-state index in [0.29, 0.717) is 22.9 Å². The van der Waals surface area contributed by atoms with Crippen molar-refractivity contribution in [2.24, 2.45) is 0 Å². The first-order valence-electron chi connectivity index (χ1n) is 8.85. The fourth-order valence-corrected chi connectivity index (χ4v) is 3.90. The zero-order valence-corrected chi connectivity index (χ0v) is 15.3. The molecule has 25 heavy (non-hydrogen) atoms. The monoisotopic (exact) mass is 369 g/mol. The standard InChI is InChI=1S/C18H25F2N3OS/c1-22(12-17-3-2-8-24-17)16-4-6-23(7-5-16)18(25)21-15-10-13(19)9-14(20)11-15/h9-11,16-17H,2-8,12H2,1H3,(H,21,25)/t17-/m1/s1. The molecule has 2 fully saturated rings. The Bertz CT molecular complexity index is 582. The summed E-state index contributed by atoms with van der Waals surface area (Å²) in [6, 6.07) is 3.87. The van der Waals surface area contributed by atoms with E-state index in [9.17, 15) is 8.78 Å². The van der Waals surface area contributed by atoms with Crippen LogP contribution in [0.15, 0.2) is 18.2 Å². The maximum atomic E-state index is 13.3. The van der Waals surface area contributed by atoms with Crippen LogP contribution in [0.1, 0.15) is 25.7 Å². The second kappa shape index (κ2) is 8.38. The van der Waals surface area contributed by atoms with E-state index in [0.717, 1.165) is 58.0 Å². The molecular weight excluding hydrogens is 344 g/mol. The molecule has 0 aromatic heterocycles. The average Bonchev–Trinajstić information content (AvgIpc) is 3.07. The second-order valence-electron chi connectivity index (χ2n) is 6.88. The Hall–Kier alpha value is -1.31. The Morgan fingerprint density at radius 1 is 1.24 bits per heavy atom. The summed E-state index contributed by atoms with van der Waals surface area (Å²) in [7, 11) is 2.16. The van der Waals surface area contributed by atoms with Crippen molar-refractivity contribution >= 4 is 23.0 Å². The molecule has 2 aliphatic rings. The summed E-state index contributed by atoms with van der Waals surface area (Å²) >= 11 is 5.40. The molecule has 0 amide bonds. The van der Waals surface area contributed by atoms with Gasteiger partial charge in [-0.25, -0.2) is 8.78 Å². The fourth-order valence-electron chi connectivity index (χ4n) is 3.60. The van der Waals surface area contributed by atoms with E-state index in [1.165, 1.54) is 12.1 Å². The average molecular weight is 369 g/mol.